The van der Waals surface area contributed by atoms with Gasteiger partial charge in [0.25, 0.3) is 5.56 Å². The summed E-state index contributed by atoms with van der Waals surface area (Å²) in [6, 6.07) is 11.3. The second-order valence-corrected chi connectivity index (χ2v) is 7.82. The first-order valence-corrected chi connectivity index (χ1v) is 10.1. The Labute approximate surface area is 175 Å². The van der Waals surface area contributed by atoms with Crippen LogP contribution in [0.4, 0.5) is 10.3 Å². The lowest BCUT2D eigenvalue weighted by atomic mass is 9.99. The molecule has 0 amide bonds. The van der Waals surface area contributed by atoms with Crippen molar-refractivity contribution < 1.29 is 9.13 Å². The summed E-state index contributed by atoms with van der Waals surface area (Å²) in [4.78, 5) is 23.0. The number of pyridine rings is 1. The minimum Gasteiger partial charge on any atom is -0.370 e. The van der Waals surface area contributed by atoms with Gasteiger partial charge in [-0.1, -0.05) is 38.1 Å². The molecule has 0 saturated carbocycles. The smallest absolute Gasteiger partial charge is 0.255 e. The molecule has 1 aromatic carbocycles. The van der Waals surface area contributed by atoms with E-state index in [0.717, 1.165) is 11.8 Å². The van der Waals surface area contributed by atoms with Gasteiger partial charge in [0.2, 0.25) is 5.95 Å². The fourth-order valence-corrected chi connectivity index (χ4v) is 3.66. The largest absolute Gasteiger partial charge is 0.370 e. The molecule has 0 radical (unpaired) electrons. The van der Waals surface area contributed by atoms with Crippen LogP contribution in [0, 0.1) is 5.82 Å². The van der Waals surface area contributed by atoms with E-state index in [1.807, 2.05) is 4.90 Å². The number of halogens is 1. The molecule has 3 aromatic rings. The predicted octanol–water partition coefficient (Wildman–Crippen LogP) is 3.68. The normalized spacial score (nSPS) is 16.8. The molecule has 0 N–H and O–H groups in total. The van der Waals surface area contributed by atoms with E-state index >= 15 is 0 Å². The Bertz CT molecular complexity index is 1100. The van der Waals surface area contributed by atoms with E-state index in [4.69, 9.17) is 4.74 Å². The number of anilines is 1. The van der Waals surface area contributed by atoms with Crippen molar-refractivity contribution in [2.24, 2.45) is 7.05 Å². The molecule has 4 rings (SSSR count). The zero-order chi connectivity index (χ0) is 21.3. The third-order valence-electron chi connectivity index (χ3n) is 5.48. The number of aromatic nitrogens is 3. The molecular formula is C23H25FN4O2. The quantitative estimate of drug-likeness (QED) is 0.659. The molecule has 6 nitrogen and oxygen atoms in total. The van der Waals surface area contributed by atoms with Crippen LogP contribution in [0.1, 0.15) is 37.0 Å². The molecule has 30 heavy (non-hydrogen) atoms. The van der Waals surface area contributed by atoms with Crippen LogP contribution in [-0.2, 0) is 11.8 Å². The molecule has 0 bridgehead atoms. The molecule has 0 unspecified atom stereocenters. The van der Waals surface area contributed by atoms with E-state index in [2.05, 4.69) is 48.1 Å². The van der Waals surface area contributed by atoms with Crippen LogP contribution < -0.4 is 10.5 Å². The number of morpholine rings is 1. The summed E-state index contributed by atoms with van der Waals surface area (Å²) in [6.07, 6.45) is 2.49. The van der Waals surface area contributed by atoms with Gasteiger partial charge >= 0.3 is 0 Å². The number of hydrogen-bond acceptors (Lipinski definition) is 5. The molecule has 1 saturated heterocycles. The predicted molar refractivity (Wildman–Crippen MR) is 114 cm³/mol. The average Bonchev–Trinajstić information content (AvgIpc) is 2.76. The number of hydrogen-bond donors (Lipinski definition) is 0. The fourth-order valence-electron chi connectivity index (χ4n) is 3.66. The van der Waals surface area contributed by atoms with Gasteiger partial charge in [-0.15, -0.1) is 0 Å². The molecular weight excluding hydrogens is 383 g/mol. The summed E-state index contributed by atoms with van der Waals surface area (Å²) in [7, 11) is 1.68. The Balaban J connectivity index is 1.65. The van der Waals surface area contributed by atoms with Crippen molar-refractivity contribution >= 4 is 5.95 Å². The zero-order valence-electron chi connectivity index (χ0n) is 17.4. The number of benzene rings is 1. The Hall–Kier alpha value is -3.06. The SMILES string of the molecule is CC(C)c1ccc([C@H]2CN(c3nc(-c4ccncc4F)cc(=O)n3C)CCO2)cc1. The molecule has 1 atom stereocenters. The van der Waals surface area contributed by atoms with Crippen LogP contribution in [0.15, 0.2) is 53.6 Å². The highest BCUT2D eigenvalue weighted by Crippen LogP contribution is 2.27. The standard InChI is InChI=1S/C23H25FN4O2/c1-15(2)16-4-6-17(7-5-16)21-14-28(10-11-30-21)23-26-20(12-22(29)27(23)3)18-8-9-25-13-19(18)24/h4-9,12-13,15,21H,10-11,14H2,1-3H3/t21-/m1/s1. The second kappa shape index (κ2) is 8.36. The maximum atomic E-state index is 14.2. The van der Waals surface area contributed by atoms with Crippen molar-refractivity contribution in [3.63, 3.8) is 0 Å². The summed E-state index contributed by atoms with van der Waals surface area (Å²) in [6.45, 7) is 6.00. The summed E-state index contributed by atoms with van der Waals surface area (Å²) < 4.78 is 21.7. The van der Waals surface area contributed by atoms with E-state index < -0.39 is 5.82 Å². The van der Waals surface area contributed by atoms with Crippen molar-refractivity contribution in [2.75, 3.05) is 24.6 Å². The van der Waals surface area contributed by atoms with Crippen LogP contribution in [0.3, 0.4) is 0 Å². The van der Waals surface area contributed by atoms with Crippen molar-refractivity contribution in [1.82, 2.24) is 14.5 Å². The molecule has 3 heterocycles. The number of rotatable bonds is 4. The molecule has 1 aliphatic rings. The summed E-state index contributed by atoms with van der Waals surface area (Å²) >= 11 is 0. The Morgan fingerprint density at radius 3 is 2.67 bits per heavy atom. The third kappa shape index (κ3) is 3.98. The van der Waals surface area contributed by atoms with Gasteiger partial charge in [0, 0.05) is 31.4 Å². The molecule has 7 heteroatoms. The molecule has 1 fully saturated rings. The maximum absolute atomic E-state index is 14.2. The van der Waals surface area contributed by atoms with Gasteiger partial charge < -0.3 is 9.64 Å². The van der Waals surface area contributed by atoms with Crippen molar-refractivity contribution in [1.29, 1.82) is 0 Å². The average molecular weight is 408 g/mol. The van der Waals surface area contributed by atoms with E-state index in [-0.39, 0.29) is 17.2 Å². The Morgan fingerprint density at radius 2 is 1.97 bits per heavy atom. The van der Waals surface area contributed by atoms with E-state index in [1.165, 1.54) is 28.5 Å². The van der Waals surface area contributed by atoms with Crippen molar-refractivity contribution in [2.45, 2.75) is 25.9 Å². The monoisotopic (exact) mass is 408 g/mol. The fraction of sp³-hybridized carbons (Fsp3) is 0.348. The van der Waals surface area contributed by atoms with Crippen LogP contribution in [0.5, 0.6) is 0 Å². The highest BCUT2D eigenvalue weighted by molar-refractivity contribution is 5.60. The lowest BCUT2D eigenvalue weighted by Crippen LogP contribution is -2.41. The van der Waals surface area contributed by atoms with Gasteiger partial charge in [0.15, 0.2) is 5.82 Å². The highest BCUT2D eigenvalue weighted by Gasteiger charge is 2.25. The highest BCUT2D eigenvalue weighted by atomic mass is 19.1. The minimum absolute atomic E-state index is 0.127. The van der Waals surface area contributed by atoms with Gasteiger partial charge in [-0.3, -0.25) is 14.3 Å². The van der Waals surface area contributed by atoms with Crippen molar-refractivity contribution in [3.05, 3.63) is 76.1 Å². The first kappa shape index (κ1) is 20.2. The number of ether oxygens (including phenoxy) is 1. The lowest BCUT2D eigenvalue weighted by molar-refractivity contribution is 0.0389. The van der Waals surface area contributed by atoms with Crippen LogP contribution >= 0.6 is 0 Å². The summed E-state index contributed by atoms with van der Waals surface area (Å²) in [5.41, 5.74) is 2.69. The van der Waals surface area contributed by atoms with E-state index in [9.17, 15) is 9.18 Å². The van der Waals surface area contributed by atoms with Crippen LogP contribution in [0.25, 0.3) is 11.3 Å². The van der Waals surface area contributed by atoms with Gasteiger partial charge in [-0.2, -0.15) is 0 Å². The first-order chi connectivity index (χ1) is 14.4. The number of nitrogens with zero attached hydrogens (tertiary/aromatic N) is 4. The lowest BCUT2D eigenvalue weighted by Gasteiger charge is -2.34. The van der Waals surface area contributed by atoms with Gasteiger partial charge in [-0.25, -0.2) is 9.37 Å². The first-order valence-electron chi connectivity index (χ1n) is 10.1. The molecule has 156 valence electrons. The third-order valence-corrected chi connectivity index (χ3v) is 5.48. The van der Waals surface area contributed by atoms with Gasteiger partial charge in [0.05, 0.1) is 25.0 Å². The van der Waals surface area contributed by atoms with Crippen molar-refractivity contribution in [3.8, 4) is 11.3 Å². The molecule has 0 aliphatic carbocycles. The van der Waals surface area contributed by atoms with Gasteiger partial charge in [0.1, 0.15) is 6.10 Å². The summed E-state index contributed by atoms with van der Waals surface area (Å²) in [5, 5.41) is 0. The van der Waals surface area contributed by atoms with E-state index in [1.54, 1.807) is 7.05 Å². The maximum Gasteiger partial charge on any atom is 0.255 e. The molecule has 0 spiro atoms. The molecule has 1 aliphatic heterocycles. The zero-order valence-corrected chi connectivity index (χ0v) is 17.4. The van der Waals surface area contributed by atoms with Gasteiger partial charge in [-0.05, 0) is 23.1 Å². The van der Waals surface area contributed by atoms with Crippen LogP contribution in [0.2, 0.25) is 0 Å². The van der Waals surface area contributed by atoms with Crippen LogP contribution in [-0.4, -0.2) is 34.2 Å². The second-order valence-electron chi connectivity index (χ2n) is 7.82. The Morgan fingerprint density at radius 1 is 1.20 bits per heavy atom. The topological polar surface area (TPSA) is 60.2 Å². The molecule has 2 aromatic heterocycles. The Kier molecular flexibility index (Phi) is 5.63. The summed E-state index contributed by atoms with van der Waals surface area (Å²) in [5.74, 6) is 0.466. The minimum atomic E-state index is -0.505. The van der Waals surface area contributed by atoms with E-state index in [0.29, 0.717) is 37.3 Å².